The van der Waals surface area contributed by atoms with E-state index in [1.807, 2.05) is 25.2 Å². The Morgan fingerprint density at radius 1 is 0.791 bits per heavy atom. The van der Waals surface area contributed by atoms with Gasteiger partial charge in [-0.3, -0.25) is 23.2 Å². The Bertz CT molecular complexity index is 1840. The van der Waals surface area contributed by atoms with Gasteiger partial charge in [0, 0.05) is 19.0 Å². The average Bonchev–Trinajstić information content (AvgIpc) is 3.55. The van der Waals surface area contributed by atoms with Gasteiger partial charge in [-0.05, 0) is 69.8 Å². The predicted octanol–water partition coefficient (Wildman–Crippen LogP) is 7.82. The van der Waals surface area contributed by atoms with Gasteiger partial charge in [-0.1, -0.05) is 121 Å². The molecule has 1 fully saturated rings. The smallest absolute Gasteiger partial charge is 0.462 e. The van der Waals surface area contributed by atoms with Crippen molar-refractivity contribution in [1.29, 1.82) is 0 Å². The van der Waals surface area contributed by atoms with Crippen LogP contribution in [0.3, 0.4) is 0 Å². The van der Waals surface area contributed by atoms with E-state index in [4.69, 9.17) is 29.0 Å². The van der Waals surface area contributed by atoms with Crippen molar-refractivity contribution in [3.8, 4) is 0 Å². The van der Waals surface area contributed by atoms with Crippen molar-refractivity contribution in [1.82, 2.24) is 9.55 Å². The number of rotatable bonds is 37. The lowest BCUT2D eigenvalue weighted by atomic mass is 10.0. The molecule has 2 rings (SSSR count). The molecule has 0 spiro atoms. The number of aliphatic hydroxyl groups excluding tert-OH is 3. The number of anilines is 1. The van der Waals surface area contributed by atoms with Crippen LogP contribution in [0, 0.1) is 5.92 Å². The number of nitrogen functional groups attached to an aromatic ring is 1. The molecule has 0 amide bonds. The summed E-state index contributed by atoms with van der Waals surface area (Å²) in [4.78, 5) is 61.7. The summed E-state index contributed by atoms with van der Waals surface area (Å²) in [6.45, 7) is 4.03. The number of aliphatic hydroxyl groups is 3. The molecule has 1 saturated heterocycles. The molecule has 1 aromatic rings. The first-order chi connectivity index (χ1) is 31.9. The molecule has 7 N–H and O–H groups in total. The van der Waals surface area contributed by atoms with Crippen LogP contribution in [0.15, 0.2) is 65.7 Å². The van der Waals surface area contributed by atoms with E-state index in [2.05, 4.69) is 53.5 Å². The topological polar surface area (TPSA) is 286 Å². The van der Waals surface area contributed by atoms with E-state index >= 15 is 0 Å². The second kappa shape index (κ2) is 34.1. The summed E-state index contributed by atoms with van der Waals surface area (Å²) in [5.41, 5.74) is 4.57. The summed E-state index contributed by atoms with van der Waals surface area (Å²) >= 11 is 0. The number of allylic oxidation sites excluding steroid dienone is 8. The van der Waals surface area contributed by atoms with E-state index < -0.39 is 83.7 Å². The summed E-state index contributed by atoms with van der Waals surface area (Å²) in [7, 11) is -10.9. The van der Waals surface area contributed by atoms with Crippen LogP contribution < -0.4 is 11.4 Å². The number of phosphoric acid groups is 2. The monoisotopic (exact) mass is 989 g/mol. The van der Waals surface area contributed by atoms with Crippen molar-refractivity contribution < 1.29 is 71.4 Å². The highest BCUT2D eigenvalue weighted by molar-refractivity contribution is 7.61. The van der Waals surface area contributed by atoms with Gasteiger partial charge in [0.2, 0.25) is 0 Å². The molecule has 67 heavy (non-hydrogen) atoms. The van der Waals surface area contributed by atoms with E-state index in [1.165, 1.54) is 31.7 Å². The number of carbonyl (C=O) groups is 2. The van der Waals surface area contributed by atoms with E-state index in [1.54, 1.807) is 0 Å². The van der Waals surface area contributed by atoms with Gasteiger partial charge in [0.05, 0.1) is 19.3 Å². The predicted molar refractivity (Wildman–Crippen MR) is 253 cm³/mol. The molecule has 0 saturated carbocycles. The summed E-state index contributed by atoms with van der Waals surface area (Å²) in [6.07, 6.45) is 24.7. The first-order valence-electron chi connectivity index (χ1n) is 23.6. The number of unbranched alkanes of at least 4 members (excludes halogenated alkanes) is 8. The Balaban J connectivity index is 1.84. The number of hydrogen-bond donors (Lipinski definition) is 6. The fourth-order valence-electron chi connectivity index (χ4n) is 6.65. The molecule has 1 aliphatic rings. The first-order valence-corrected chi connectivity index (χ1v) is 26.6. The van der Waals surface area contributed by atoms with Crippen LogP contribution in [0.5, 0.6) is 0 Å². The third-order valence-electron chi connectivity index (χ3n) is 10.5. The Morgan fingerprint density at radius 3 is 1.97 bits per heavy atom. The van der Waals surface area contributed by atoms with Crippen LogP contribution >= 0.6 is 15.6 Å². The summed E-state index contributed by atoms with van der Waals surface area (Å²) in [6, 6.07) is 1.24. The number of nitrogens with two attached hydrogens (primary N) is 1. The first kappa shape index (κ1) is 59.8. The molecule has 382 valence electrons. The molecule has 21 heteroatoms. The summed E-state index contributed by atoms with van der Waals surface area (Å²) in [5, 5.41) is 30.4. The Morgan fingerprint density at radius 2 is 1.36 bits per heavy atom. The fourth-order valence-corrected chi connectivity index (χ4v) is 8.76. The maximum absolute atomic E-state index is 12.8. The van der Waals surface area contributed by atoms with E-state index in [0.29, 0.717) is 25.2 Å². The van der Waals surface area contributed by atoms with Gasteiger partial charge in [0.25, 0.3) is 0 Å². The lowest BCUT2D eigenvalue weighted by molar-refractivity contribution is -0.161. The van der Waals surface area contributed by atoms with Crippen LogP contribution in [0.25, 0.3) is 0 Å². The summed E-state index contributed by atoms with van der Waals surface area (Å²) < 4.78 is 56.5. The van der Waals surface area contributed by atoms with Gasteiger partial charge < -0.3 is 45.1 Å². The molecular formula is C46H77N3O16P2. The van der Waals surface area contributed by atoms with Crippen LogP contribution in [0.2, 0.25) is 0 Å². The number of phosphoric ester groups is 2. The van der Waals surface area contributed by atoms with Gasteiger partial charge in [-0.25, -0.2) is 13.9 Å². The second-order valence-corrected chi connectivity index (χ2v) is 19.9. The number of esters is 2. The van der Waals surface area contributed by atoms with E-state index in [-0.39, 0.29) is 24.8 Å². The molecule has 1 aromatic heterocycles. The van der Waals surface area contributed by atoms with Gasteiger partial charge in [0.1, 0.15) is 30.7 Å². The lowest BCUT2D eigenvalue weighted by Crippen LogP contribution is -2.36. The Labute approximate surface area is 395 Å². The highest BCUT2D eigenvalue weighted by Gasteiger charge is 2.46. The molecule has 0 bridgehead atoms. The normalized spacial score (nSPS) is 20.6. The van der Waals surface area contributed by atoms with Gasteiger partial charge in [0.15, 0.2) is 12.3 Å². The zero-order valence-corrected chi connectivity index (χ0v) is 41.3. The Kier molecular flexibility index (Phi) is 30.4. The van der Waals surface area contributed by atoms with E-state index in [0.717, 1.165) is 75.0 Å². The van der Waals surface area contributed by atoms with Crippen molar-refractivity contribution in [3.05, 3.63) is 71.4 Å². The maximum atomic E-state index is 12.8. The average molecular weight is 990 g/mol. The molecule has 19 nitrogen and oxygen atoms in total. The van der Waals surface area contributed by atoms with Crippen LogP contribution in [-0.4, -0.2) is 96.9 Å². The number of nitrogens with zero attached hydrogens (tertiary/aromatic N) is 2. The largest absolute Gasteiger partial charge is 0.481 e. The highest BCUT2D eigenvalue weighted by atomic mass is 31.3. The number of hydrogen-bond acceptors (Lipinski definition) is 16. The SMILES string of the molecule is CC[C@H](O)CC/C=C\C/C=C\C/C=C\C/C=C\CCCC(=O)OC[C@H](COP(=O)(O)OP(=O)(O)OC[C@H]1O[C@@H](n2ccc(N)nc2=O)[C@H](O)[C@@H]1O)OC(=O)CCCCCCCCCCC(C)C. The summed E-state index contributed by atoms with van der Waals surface area (Å²) in [5.74, 6) is -0.687. The quantitative estimate of drug-likeness (QED) is 0.0160. The zero-order valence-electron chi connectivity index (χ0n) is 39.5. The van der Waals surface area contributed by atoms with Crippen LogP contribution in [0.4, 0.5) is 5.82 Å². The molecule has 2 unspecified atom stereocenters. The second-order valence-electron chi connectivity index (χ2n) is 16.9. The minimum absolute atomic E-state index is 0.0298. The minimum Gasteiger partial charge on any atom is -0.462 e. The minimum atomic E-state index is -5.44. The zero-order chi connectivity index (χ0) is 49.5. The van der Waals surface area contributed by atoms with Gasteiger partial charge in [-0.15, -0.1) is 0 Å². The van der Waals surface area contributed by atoms with Crippen LogP contribution in [-0.2, 0) is 46.3 Å². The van der Waals surface area contributed by atoms with Gasteiger partial charge >= 0.3 is 33.3 Å². The molecule has 8 atom stereocenters. The number of aromatic nitrogens is 2. The van der Waals surface area contributed by atoms with Crippen molar-refractivity contribution in [2.75, 3.05) is 25.6 Å². The standard InChI is InChI=1S/C46H77N3O16P2/c1-4-37(50)28-24-20-16-11-9-7-5-6-8-10-12-17-21-25-29-41(51)60-33-38(63-42(52)30-26-22-18-14-13-15-19-23-27-36(2)3)34-61-66(56,57)65-67(58,59)62-35-39-43(53)44(54)45(64-39)49-32-31-40(47)48-46(49)55/h6-9,12,16-17,20,31-32,36-39,43-45,50,53-54H,4-5,10-11,13-15,18-19,21-30,33-35H2,1-3H3,(H,56,57)(H,58,59)(H2,47,48,55)/b8-6-,9-7-,17-12-,20-16-/t37-,38+,39+,43+,44+,45+/m0/s1. The Hall–Kier alpha value is -3.32. The number of carbonyl (C=O) groups excluding carboxylic acids is 2. The van der Waals surface area contributed by atoms with Crippen LogP contribution in [0.1, 0.15) is 149 Å². The fraction of sp³-hybridized carbons (Fsp3) is 0.696. The third kappa shape index (κ3) is 28.1. The molecule has 2 heterocycles. The van der Waals surface area contributed by atoms with Crippen molar-refractivity contribution >= 4 is 33.4 Å². The third-order valence-corrected chi connectivity index (χ3v) is 13.1. The van der Waals surface area contributed by atoms with Crippen molar-refractivity contribution in [2.24, 2.45) is 5.92 Å². The van der Waals surface area contributed by atoms with Crippen molar-refractivity contribution in [2.45, 2.75) is 180 Å². The van der Waals surface area contributed by atoms with Gasteiger partial charge in [-0.2, -0.15) is 9.29 Å². The molecule has 0 aliphatic carbocycles. The molecule has 0 aromatic carbocycles. The molecule has 1 aliphatic heterocycles. The highest BCUT2D eigenvalue weighted by Crippen LogP contribution is 2.60. The van der Waals surface area contributed by atoms with E-state index in [9.17, 15) is 48.6 Å². The molecular weight excluding hydrogens is 912 g/mol. The molecule has 0 radical (unpaired) electrons. The lowest BCUT2D eigenvalue weighted by Gasteiger charge is -2.21. The van der Waals surface area contributed by atoms with Crippen molar-refractivity contribution in [3.63, 3.8) is 0 Å². The maximum Gasteiger partial charge on any atom is 0.481 e. The number of ether oxygens (including phenoxy) is 3.